The van der Waals surface area contributed by atoms with Crippen molar-refractivity contribution < 1.29 is 17.6 Å². The first-order chi connectivity index (χ1) is 9.81. The summed E-state index contributed by atoms with van der Waals surface area (Å²) in [6, 6.07) is 2.99. The summed E-state index contributed by atoms with van der Waals surface area (Å²) in [4.78, 5) is 13.6. The minimum Gasteiger partial charge on any atom is -0.339 e. The van der Waals surface area contributed by atoms with Crippen LogP contribution in [0.15, 0.2) is 23.1 Å². The van der Waals surface area contributed by atoms with Gasteiger partial charge < -0.3 is 4.90 Å². The van der Waals surface area contributed by atoms with Crippen molar-refractivity contribution in [2.24, 2.45) is 11.1 Å². The predicted octanol–water partition coefficient (Wildman–Crippen LogP) is 1.74. The summed E-state index contributed by atoms with van der Waals surface area (Å²) in [6.45, 7) is 3.34. The van der Waals surface area contributed by atoms with E-state index in [1.165, 1.54) is 0 Å². The van der Waals surface area contributed by atoms with Crippen LogP contribution in [0.5, 0.6) is 0 Å². The highest BCUT2D eigenvalue weighted by Crippen LogP contribution is 2.22. The molecule has 1 aliphatic heterocycles. The molecule has 0 radical (unpaired) electrons. The molecule has 0 aliphatic carbocycles. The first kappa shape index (κ1) is 15.9. The summed E-state index contributed by atoms with van der Waals surface area (Å²) in [7, 11) is -4.04. The minimum absolute atomic E-state index is 0.0222. The van der Waals surface area contributed by atoms with Gasteiger partial charge in [0.25, 0.3) is 5.91 Å². The summed E-state index contributed by atoms with van der Waals surface area (Å²) in [6.07, 6.45) is 2.91. The molecule has 0 aromatic heterocycles. The van der Waals surface area contributed by atoms with E-state index in [0.29, 0.717) is 19.0 Å². The summed E-state index contributed by atoms with van der Waals surface area (Å²) < 4.78 is 36.1. The monoisotopic (exact) mass is 314 g/mol. The molecule has 5 nitrogen and oxygen atoms in total. The van der Waals surface area contributed by atoms with Crippen LogP contribution in [0.25, 0.3) is 0 Å². The average molecular weight is 314 g/mol. The molecule has 1 amide bonds. The molecule has 0 bridgehead atoms. The Morgan fingerprint density at radius 2 is 1.95 bits per heavy atom. The third-order valence-electron chi connectivity index (χ3n) is 3.93. The van der Waals surface area contributed by atoms with E-state index in [-0.39, 0.29) is 16.4 Å². The lowest BCUT2D eigenvalue weighted by Gasteiger charge is -2.31. The Labute approximate surface area is 124 Å². The number of rotatable bonds is 3. The highest BCUT2D eigenvalue weighted by atomic mass is 32.2. The largest absolute Gasteiger partial charge is 0.339 e. The third kappa shape index (κ3) is 3.79. The zero-order valence-electron chi connectivity index (χ0n) is 11.9. The number of nitrogens with zero attached hydrogens (tertiary/aromatic N) is 1. The molecule has 1 aromatic carbocycles. The molecule has 116 valence electrons. The molecule has 1 aromatic rings. The molecular formula is C14H19FN2O3S. The topological polar surface area (TPSA) is 80.5 Å². The van der Waals surface area contributed by atoms with E-state index in [0.717, 1.165) is 37.5 Å². The van der Waals surface area contributed by atoms with Crippen LogP contribution in [0.4, 0.5) is 4.39 Å². The predicted molar refractivity (Wildman–Crippen MR) is 76.7 cm³/mol. The van der Waals surface area contributed by atoms with Gasteiger partial charge in [0.1, 0.15) is 5.82 Å². The Morgan fingerprint density at radius 3 is 2.48 bits per heavy atom. The SMILES string of the molecule is CCC1CCN(C(=O)c2cc(F)cc(S(N)(=O)=O)c2)CC1. The maximum Gasteiger partial charge on any atom is 0.254 e. The van der Waals surface area contributed by atoms with E-state index >= 15 is 0 Å². The van der Waals surface area contributed by atoms with E-state index in [1.54, 1.807) is 4.90 Å². The highest BCUT2D eigenvalue weighted by molar-refractivity contribution is 7.89. The maximum absolute atomic E-state index is 13.5. The number of nitrogens with two attached hydrogens (primary N) is 1. The summed E-state index contributed by atoms with van der Waals surface area (Å²) >= 11 is 0. The second kappa shape index (κ2) is 6.11. The molecule has 1 fully saturated rings. The molecule has 7 heteroatoms. The van der Waals surface area contributed by atoms with Crippen molar-refractivity contribution in [1.29, 1.82) is 0 Å². The van der Waals surface area contributed by atoms with Crippen molar-refractivity contribution in [2.45, 2.75) is 31.1 Å². The number of piperidine rings is 1. The van der Waals surface area contributed by atoms with Gasteiger partial charge in [0.15, 0.2) is 0 Å². The zero-order chi connectivity index (χ0) is 15.6. The quantitative estimate of drug-likeness (QED) is 0.922. The fraction of sp³-hybridized carbons (Fsp3) is 0.500. The van der Waals surface area contributed by atoms with E-state index in [9.17, 15) is 17.6 Å². The van der Waals surface area contributed by atoms with Crippen LogP contribution in [0, 0.1) is 11.7 Å². The Hall–Kier alpha value is -1.47. The number of halogens is 1. The van der Waals surface area contributed by atoms with Crippen molar-refractivity contribution in [3.05, 3.63) is 29.6 Å². The Kier molecular flexibility index (Phi) is 4.63. The van der Waals surface area contributed by atoms with E-state index in [1.807, 2.05) is 0 Å². The molecule has 0 spiro atoms. The average Bonchev–Trinajstić information content (AvgIpc) is 2.45. The van der Waals surface area contributed by atoms with Crippen molar-refractivity contribution in [3.8, 4) is 0 Å². The second-order valence-electron chi connectivity index (χ2n) is 5.36. The van der Waals surface area contributed by atoms with E-state index in [4.69, 9.17) is 5.14 Å². The van der Waals surface area contributed by atoms with Gasteiger partial charge in [0.2, 0.25) is 10.0 Å². The fourth-order valence-electron chi connectivity index (χ4n) is 2.58. The molecule has 2 N–H and O–H groups in total. The number of sulfonamides is 1. The summed E-state index contributed by atoms with van der Waals surface area (Å²) in [5.74, 6) is -0.524. The van der Waals surface area contributed by atoms with Gasteiger partial charge in [0.05, 0.1) is 4.90 Å². The Morgan fingerprint density at radius 1 is 1.33 bits per heavy atom. The maximum atomic E-state index is 13.5. The molecule has 1 saturated heterocycles. The lowest BCUT2D eigenvalue weighted by molar-refractivity contribution is 0.0688. The van der Waals surface area contributed by atoms with Gasteiger partial charge in [-0.1, -0.05) is 13.3 Å². The molecule has 0 unspecified atom stereocenters. The fourth-order valence-corrected chi connectivity index (χ4v) is 3.15. The van der Waals surface area contributed by atoms with Crippen LogP contribution in [-0.4, -0.2) is 32.3 Å². The smallest absolute Gasteiger partial charge is 0.254 e. The highest BCUT2D eigenvalue weighted by Gasteiger charge is 2.24. The number of amides is 1. The van der Waals surface area contributed by atoms with Crippen LogP contribution in [0.1, 0.15) is 36.5 Å². The van der Waals surface area contributed by atoms with Crippen molar-refractivity contribution in [2.75, 3.05) is 13.1 Å². The minimum atomic E-state index is -4.04. The lowest BCUT2D eigenvalue weighted by Crippen LogP contribution is -2.38. The molecule has 0 atom stereocenters. The number of primary sulfonamides is 1. The van der Waals surface area contributed by atoms with Crippen LogP contribution in [0.3, 0.4) is 0 Å². The lowest BCUT2D eigenvalue weighted by atomic mass is 9.94. The molecule has 1 heterocycles. The number of carbonyl (C=O) groups is 1. The van der Waals surface area contributed by atoms with Crippen LogP contribution < -0.4 is 5.14 Å². The number of likely N-dealkylation sites (tertiary alicyclic amines) is 1. The second-order valence-corrected chi connectivity index (χ2v) is 6.93. The summed E-state index contributed by atoms with van der Waals surface area (Å²) in [5, 5.41) is 4.99. The molecule has 2 rings (SSSR count). The molecule has 1 aliphatic rings. The van der Waals surface area contributed by atoms with Crippen molar-refractivity contribution in [3.63, 3.8) is 0 Å². The Bertz CT molecular complexity index is 638. The van der Waals surface area contributed by atoms with Gasteiger partial charge in [0, 0.05) is 18.7 Å². The van der Waals surface area contributed by atoms with Gasteiger partial charge >= 0.3 is 0 Å². The van der Waals surface area contributed by atoms with Crippen molar-refractivity contribution >= 4 is 15.9 Å². The normalized spacial score (nSPS) is 17.0. The van der Waals surface area contributed by atoms with Gasteiger partial charge in [-0.3, -0.25) is 4.79 Å². The Balaban J connectivity index is 2.22. The first-order valence-corrected chi connectivity index (χ1v) is 8.48. The van der Waals surface area contributed by atoms with Gasteiger partial charge in [-0.2, -0.15) is 0 Å². The first-order valence-electron chi connectivity index (χ1n) is 6.94. The van der Waals surface area contributed by atoms with Gasteiger partial charge in [-0.05, 0) is 37.0 Å². The van der Waals surface area contributed by atoms with Crippen LogP contribution >= 0.6 is 0 Å². The zero-order valence-corrected chi connectivity index (χ0v) is 12.7. The third-order valence-corrected chi connectivity index (χ3v) is 4.82. The van der Waals surface area contributed by atoms with Gasteiger partial charge in [-0.25, -0.2) is 17.9 Å². The van der Waals surface area contributed by atoms with Crippen molar-refractivity contribution in [1.82, 2.24) is 4.90 Å². The number of benzene rings is 1. The number of hydrogen-bond acceptors (Lipinski definition) is 3. The van der Waals surface area contributed by atoms with Crippen LogP contribution in [0.2, 0.25) is 0 Å². The van der Waals surface area contributed by atoms with Crippen LogP contribution in [-0.2, 0) is 10.0 Å². The molecular weight excluding hydrogens is 295 g/mol. The number of hydrogen-bond donors (Lipinski definition) is 1. The van der Waals surface area contributed by atoms with E-state index in [2.05, 4.69) is 6.92 Å². The molecule has 21 heavy (non-hydrogen) atoms. The molecule has 0 saturated carbocycles. The van der Waals surface area contributed by atoms with E-state index < -0.39 is 15.8 Å². The summed E-state index contributed by atoms with van der Waals surface area (Å²) in [5.41, 5.74) is 0.0222. The standard InChI is InChI=1S/C14H19FN2O3S/c1-2-10-3-5-17(6-4-10)14(18)11-7-12(15)9-13(8-11)21(16,19)20/h7-10H,2-6H2,1H3,(H2,16,19,20). The number of carbonyl (C=O) groups excluding carboxylic acids is 1. The van der Waals surface area contributed by atoms with Gasteiger partial charge in [-0.15, -0.1) is 0 Å².